The second-order valence-electron chi connectivity index (χ2n) is 7.71. The first-order valence-electron chi connectivity index (χ1n) is 9.89. The third-order valence-corrected chi connectivity index (χ3v) is 5.79. The van der Waals surface area contributed by atoms with Crippen LogP contribution in [-0.2, 0) is 6.54 Å². The van der Waals surface area contributed by atoms with Gasteiger partial charge in [-0.05, 0) is 59.3 Å². The molecule has 1 aromatic heterocycles. The summed E-state index contributed by atoms with van der Waals surface area (Å²) in [5, 5.41) is 10.7. The van der Waals surface area contributed by atoms with Crippen LogP contribution in [0, 0.1) is 0 Å². The van der Waals surface area contributed by atoms with Gasteiger partial charge in [0.1, 0.15) is 5.75 Å². The van der Waals surface area contributed by atoms with E-state index >= 15 is 0 Å². The zero-order valence-corrected chi connectivity index (χ0v) is 16.7. The summed E-state index contributed by atoms with van der Waals surface area (Å²) in [7, 11) is 3.94. The fourth-order valence-electron chi connectivity index (χ4n) is 4.41. The first-order valence-corrected chi connectivity index (χ1v) is 9.89. The smallest absolute Gasteiger partial charge is 0.123 e. The second kappa shape index (κ2) is 7.30. The lowest BCUT2D eigenvalue weighted by Crippen LogP contribution is -2.31. The van der Waals surface area contributed by atoms with Gasteiger partial charge in [-0.15, -0.1) is 0 Å². The highest BCUT2D eigenvalue weighted by molar-refractivity contribution is 5.85. The molecule has 0 saturated carbocycles. The van der Waals surface area contributed by atoms with E-state index in [1.165, 1.54) is 27.5 Å². The Kier molecular flexibility index (Phi) is 4.49. The Balaban J connectivity index is 1.64. The molecule has 0 N–H and O–H groups in total. The van der Waals surface area contributed by atoms with Crippen LogP contribution in [0.15, 0.2) is 72.9 Å². The van der Waals surface area contributed by atoms with Gasteiger partial charge in [0, 0.05) is 36.3 Å². The van der Waals surface area contributed by atoms with E-state index in [-0.39, 0.29) is 5.92 Å². The van der Waals surface area contributed by atoms with E-state index in [9.17, 15) is 0 Å². The first kappa shape index (κ1) is 17.8. The van der Waals surface area contributed by atoms with Crippen LogP contribution in [0.2, 0.25) is 0 Å². The summed E-state index contributed by atoms with van der Waals surface area (Å²) in [6.45, 7) is 1.89. The van der Waals surface area contributed by atoms with E-state index in [1.54, 1.807) is 13.3 Å². The molecule has 1 aliphatic rings. The average molecular weight is 381 g/mol. The molecule has 0 amide bonds. The Labute approximate surface area is 170 Å². The number of rotatable bonds is 3. The van der Waals surface area contributed by atoms with E-state index in [0.29, 0.717) is 0 Å². The Morgan fingerprint density at radius 1 is 0.931 bits per heavy atom. The van der Waals surface area contributed by atoms with Crippen molar-refractivity contribution in [1.29, 1.82) is 0 Å². The summed E-state index contributed by atoms with van der Waals surface area (Å²) >= 11 is 0. The summed E-state index contributed by atoms with van der Waals surface area (Å²) in [6.07, 6.45) is 1.71. The Hall–Kier alpha value is -3.24. The molecule has 4 aromatic rings. The van der Waals surface area contributed by atoms with Crippen molar-refractivity contribution >= 4 is 10.8 Å². The molecule has 144 valence electrons. The average Bonchev–Trinajstić information content (AvgIpc) is 2.77. The highest BCUT2D eigenvalue weighted by Crippen LogP contribution is 2.40. The van der Waals surface area contributed by atoms with Gasteiger partial charge in [-0.25, -0.2) is 0 Å². The zero-order chi connectivity index (χ0) is 19.8. The fraction of sp³-hybridized carbons (Fsp3) is 0.200. The molecule has 0 spiro atoms. The van der Waals surface area contributed by atoms with Crippen LogP contribution in [-0.4, -0.2) is 35.8 Å². The number of methoxy groups -OCH3 is 1. The number of ether oxygens (including phenoxy) is 1. The largest absolute Gasteiger partial charge is 0.496 e. The first-order chi connectivity index (χ1) is 14.2. The standard InChI is InChI=1S/C25H23N3O/c1-28-15-20-12-19(24-8-5-11-26-27-24)9-10-21(20)23(16-28)22-13-17-6-3-4-7-18(17)14-25(22)29-2/h3-14,23H,15-16H2,1-2H3. The maximum Gasteiger partial charge on any atom is 0.123 e. The van der Waals surface area contributed by atoms with E-state index in [1.807, 2.05) is 12.1 Å². The molecular formula is C25H23N3O. The molecule has 1 aliphatic heterocycles. The summed E-state index contributed by atoms with van der Waals surface area (Å²) < 4.78 is 5.81. The third kappa shape index (κ3) is 3.26. The minimum atomic E-state index is 0.263. The predicted octanol–water partition coefficient (Wildman–Crippen LogP) is 4.88. The van der Waals surface area contributed by atoms with Crippen molar-refractivity contribution in [3.63, 3.8) is 0 Å². The zero-order valence-electron chi connectivity index (χ0n) is 16.7. The molecule has 0 saturated heterocycles. The fourth-order valence-corrected chi connectivity index (χ4v) is 4.41. The van der Waals surface area contributed by atoms with Gasteiger partial charge in [-0.3, -0.25) is 0 Å². The van der Waals surface area contributed by atoms with Crippen LogP contribution >= 0.6 is 0 Å². The van der Waals surface area contributed by atoms with E-state index < -0.39 is 0 Å². The third-order valence-electron chi connectivity index (χ3n) is 5.79. The predicted molar refractivity (Wildman–Crippen MR) is 116 cm³/mol. The normalized spacial score (nSPS) is 16.6. The molecular weight excluding hydrogens is 358 g/mol. The van der Waals surface area contributed by atoms with Crippen molar-refractivity contribution < 1.29 is 4.74 Å². The lowest BCUT2D eigenvalue weighted by atomic mass is 9.82. The van der Waals surface area contributed by atoms with Gasteiger partial charge in [0.05, 0.1) is 12.8 Å². The highest BCUT2D eigenvalue weighted by atomic mass is 16.5. The number of aromatic nitrogens is 2. The monoisotopic (exact) mass is 381 g/mol. The second-order valence-corrected chi connectivity index (χ2v) is 7.71. The molecule has 5 rings (SSSR count). The Morgan fingerprint density at radius 3 is 2.52 bits per heavy atom. The molecule has 4 heteroatoms. The molecule has 1 atom stereocenters. The van der Waals surface area contributed by atoms with Crippen LogP contribution in [0.1, 0.15) is 22.6 Å². The van der Waals surface area contributed by atoms with Gasteiger partial charge in [-0.2, -0.15) is 10.2 Å². The number of fused-ring (bicyclic) bond motifs is 2. The summed E-state index contributed by atoms with van der Waals surface area (Å²) in [6, 6.07) is 23.5. The van der Waals surface area contributed by atoms with Crippen LogP contribution in [0.25, 0.3) is 22.0 Å². The minimum absolute atomic E-state index is 0.263. The van der Waals surface area contributed by atoms with Crippen molar-refractivity contribution in [3.05, 3.63) is 89.6 Å². The summed E-state index contributed by atoms with van der Waals surface area (Å²) in [4.78, 5) is 2.38. The number of nitrogens with zero attached hydrogens (tertiary/aromatic N) is 3. The van der Waals surface area contributed by atoms with Crippen molar-refractivity contribution in [2.24, 2.45) is 0 Å². The van der Waals surface area contributed by atoms with Crippen LogP contribution in [0.5, 0.6) is 5.75 Å². The van der Waals surface area contributed by atoms with Crippen molar-refractivity contribution in [2.75, 3.05) is 20.7 Å². The van der Waals surface area contributed by atoms with Gasteiger partial charge in [0.2, 0.25) is 0 Å². The topological polar surface area (TPSA) is 38.2 Å². The van der Waals surface area contributed by atoms with Crippen LogP contribution in [0.4, 0.5) is 0 Å². The Morgan fingerprint density at radius 2 is 1.76 bits per heavy atom. The minimum Gasteiger partial charge on any atom is -0.496 e. The molecule has 0 fully saturated rings. The number of hydrogen-bond acceptors (Lipinski definition) is 4. The lowest BCUT2D eigenvalue weighted by molar-refractivity contribution is 0.292. The molecule has 0 bridgehead atoms. The molecule has 29 heavy (non-hydrogen) atoms. The van der Waals surface area contributed by atoms with Gasteiger partial charge >= 0.3 is 0 Å². The molecule has 2 heterocycles. The van der Waals surface area contributed by atoms with Crippen molar-refractivity contribution in [2.45, 2.75) is 12.5 Å². The van der Waals surface area contributed by atoms with Crippen LogP contribution < -0.4 is 4.74 Å². The molecule has 4 nitrogen and oxygen atoms in total. The molecule has 0 radical (unpaired) electrons. The SMILES string of the molecule is COc1cc2ccccc2cc1C1CN(C)Cc2cc(-c3cccnn3)ccc21. The molecule has 3 aromatic carbocycles. The van der Waals surface area contributed by atoms with Crippen LogP contribution in [0.3, 0.4) is 0 Å². The summed E-state index contributed by atoms with van der Waals surface area (Å²) in [5.74, 6) is 1.21. The maximum absolute atomic E-state index is 5.81. The number of likely N-dealkylation sites (N-methyl/N-ethyl adjacent to an activating group) is 1. The lowest BCUT2D eigenvalue weighted by Gasteiger charge is -2.33. The summed E-state index contributed by atoms with van der Waals surface area (Å²) in [5.41, 5.74) is 5.96. The molecule has 0 aliphatic carbocycles. The van der Waals surface area contributed by atoms with Gasteiger partial charge in [0.15, 0.2) is 0 Å². The van der Waals surface area contributed by atoms with E-state index in [2.05, 4.69) is 76.7 Å². The van der Waals surface area contributed by atoms with Gasteiger partial charge in [0.25, 0.3) is 0 Å². The van der Waals surface area contributed by atoms with E-state index in [4.69, 9.17) is 4.74 Å². The molecule has 1 unspecified atom stereocenters. The quantitative estimate of drug-likeness (QED) is 0.507. The number of benzene rings is 3. The van der Waals surface area contributed by atoms with E-state index in [0.717, 1.165) is 30.1 Å². The van der Waals surface area contributed by atoms with Crippen molar-refractivity contribution in [3.8, 4) is 17.0 Å². The van der Waals surface area contributed by atoms with Crippen molar-refractivity contribution in [1.82, 2.24) is 15.1 Å². The highest BCUT2D eigenvalue weighted by Gasteiger charge is 2.27. The van der Waals surface area contributed by atoms with Gasteiger partial charge in [-0.1, -0.05) is 36.4 Å². The number of hydrogen-bond donors (Lipinski definition) is 0. The Bertz CT molecular complexity index is 1170. The van der Waals surface area contributed by atoms with Gasteiger partial charge < -0.3 is 9.64 Å². The maximum atomic E-state index is 5.81.